The molecule has 0 spiro atoms. The number of aromatic nitrogens is 2. The Balaban J connectivity index is 1.52. The molecule has 154 valence electrons. The number of likely N-dealkylation sites (tertiary alicyclic amines) is 1. The van der Waals surface area contributed by atoms with Gasteiger partial charge in [0.25, 0.3) is 11.5 Å². The van der Waals surface area contributed by atoms with Gasteiger partial charge < -0.3 is 15.4 Å². The third-order valence-electron chi connectivity index (χ3n) is 5.58. The van der Waals surface area contributed by atoms with E-state index < -0.39 is 30.4 Å². The Morgan fingerprint density at radius 1 is 1.24 bits per heavy atom. The highest BCUT2D eigenvalue weighted by molar-refractivity contribution is 7.20. The molecule has 0 aromatic carbocycles. The number of esters is 1. The monoisotopic (exact) mass is 418 g/mol. The van der Waals surface area contributed by atoms with Crippen LogP contribution in [0.2, 0.25) is 0 Å². The van der Waals surface area contributed by atoms with Gasteiger partial charge in [-0.25, -0.2) is 9.78 Å². The molecule has 2 aliphatic rings. The number of piperidine rings is 1. The van der Waals surface area contributed by atoms with Crippen LogP contribution in [0.4, 0.5) is 0 Å². The van der Waals surface area contributed by atoms with E-state index in [1.54, 1.807) is 11.5 Å². The molecule has 10 heteroatoms. The van der Waals surface area contributed by atoms with E-state index in [0.29, 0.717) is 35.3 Å². The molecule has 1 saturated heterocycles. The summed E-state index contributed by atoms with van der Waals surface area (Å²) in [6.07, 6.45) is 3.75. The smallest absolute Gasteiger partial charge is 0.349 e. The van der Waals surface area contributed by atoms with Gasteiger partial charge in [0.05, 0.1) is 5.39 Å². The fourth-order valence-corrected chi connectivity index (χ4v) is 5.16. The van der Waals surface area contributed by atoms with Crippen molar-refractivity contribution in [3.63, 3.8) is 0 Å². The summed E-state index contributed by atoms with van der Waals surface area (Å²) in [5, 5.41) is 0.434. The van der Waals surface area contributed by atoms with Gasteiger partial charge in [0, 0.05) is 19.5 Å². The van der Waals surface area contributed by atoms with E-state index in [4.69, 9.17) is 10.5 Å². The maximum atomic E-state index is 12.7. The van der Waals surface area contributed by atoms with E-state index in [2.05, 4.69) is 4.98 Å². The summed E-state index contributed by atoms with van der Waals surface area (Å²) in [4.78, 5) is 56.1. The second kappa shape index (κ2) is 7.58. The fraction of sp³-hybridized carbons (Fsp3) is 0.526. The van der Waals surface area contributed by atoms with Crippen LogP contribution in [0.5, 0.6) is 0 Å². The highest BCUT2D eigenvalue weighted by Crippen LogP contribution is 2.29. The molecule has 0 radical (unpaired) electrons. The summed E-state index contributed by atoms with van der Waals surface area (Å²) < 4.78 is 6.87. The van der Waals surface area contributed by atoms with Crippen molar-refractivity contribution >= 4 is 39.3 Å². The van der Waals surface area contributed by atoms with Crippen LogP contribution in [0.3, 0.4) is 0 Å². The van der Waals surface area contributed by atoms with Gasteiger partial charge in [0.1, 0.15) is 21.6 Å². The second-order valence-electron chi connectivity index (χ2n) is 7.40. The Morgan fingerprint density at radius 2 is 2.03 bits per heavy atom. The molecular formula is C19H22N4O5S. The van der Waals surface area contributed by atoms with Crippen molar-refractivity contribution in [2.45, 2.75) is 51.6 Å². The van der Waals surface area contributed by atoms with Crippen LogP contribution in [0.25, 0.3) is 10.2 Å². The molecule has 2 amide bonds. The van der Waals surface area contributed by atoms with Crippen molar-refractivity contribution in [1.29, 1.82) is 0 Å². The van der Waals surface area contributed by atoms with E-state index >= 15 is 0 Å². The zero-order chi connectivity index (χ0) is 20.7. The first-order valence-corrected chi connectivity index (χ1v) is 10.5. The van der Waals surface area contributed by atoms with Crippen LogP contribution in [0, 0.1) is 6.92 Å². The average Bonchev–Trinajstić information content (AvgIpc) is 3.31. The van der Waals surface area contributed by atoms with Crippen LogP contribution in [0.1, 0.15) is 46.7 Å². The fourth-order valence-electron chi connectivity index (χ4n) is 4.07. The zero-order valence-electron chi connectivity index (χ0n) is 16.1. The summed E-state index contributed by atoms with van der Waals surface area (Å²) >= 11 is 1.11. The van der Waals surface area contributed by atoms with Gasteiger partial charge in [-0.15, -0.1) is 11.3 Å². The summed E-state index contributed by atoms with van der Waals surface area (Å²) in [6.45, 7) is 2.27. The number of fused-ring (bicyclic) bond motifs is 2. The van der Waals surface area contributed by atoms with Crippen molar-refractivity contribution in [2.24, 2.45) is 5.73 Å². The first-order chi connectivity index (χ1) is 13.9. The predicted octanol–water partition coefficient (Wildman–Crippen LogP) is 0.736. The molecule has 9 nitrogen and oxygen atoms in total. The summed E-state index contributed by atoms with van der Waals surface area (Å²) in [5.74, 6) is -0.931. The van der Waals surface area contributed by atoms with Crippen LogP contribution >= 0.6 is 11.3 Å². The van der Waals surface area contributed by atoms with E-state index in [-0.39, 0.29) is 10.4 Å². The maximum Gasteiger partial charge on any atom is 0.349 e. The molecule has 2 aliphatic heterocycles. The Hall–Kier alpha value is -2.75. The number of carbonyl (C=O) groups excluding carboxylic acids is 3. The molecule has 29 heavy (non-hydrogen) atoms. The largest absolute Gasteiger partial charge is 0.451 e. The number of rotatable bonds is 4. The minimum atomic E-state index is -0.670. The maximum absolute atomic E-state index is 12.7. The van der Waals surface area contributed by atoms with Gasteiger partial charge in [-0.2, -0.15) is 0 Å². The number of thiophene rings is 1. The lowest BCUT2D eigenvalue weighted by Gasteiger charge is -2.33. The number of nitrogens with zero attached hydrogens (tertiary/aromatic N) is 3. The topological polar surface area (TPSA) is 125 Å². The quantitative estimate of drug-likeness (QED) is 0.730. The number of amides is 2. The summed E-state index contributed by atoms with van der Waals surface area (Å²) in [6, 6.07) is -0.660. The molecule has 2 aromatic heterocycles. The molecule has 1 atom stereocenters. The summed E-state index contributed by atoms with van der Waals surface area (Å²) in [7, 11) is 0. The molecule has 2 aromatic rings. The van der Waals surface area contributed by atoms with E-state index in [9.17, 15) is 19.2 Å². The Bertz CT molecular complexity index is 1070. The average molecular weight is 418 g/mol. The number of hydrogen-bond acceptors (Lipinski definition) is 7. The number of aryl methyl sites for hydroxylation is 2. The molecule has 2 N–H and O–H groups in total. The molecule has 4 rings (SSSR count). The van der Waals surface area contributed by atoms with Gasteiger partial charge in [0.2, 0.25) is 5.91 Å². The van der Waals surface area contributed by atoms with Crippen LogP contribution in [-0.4, -0.2) is 51.4 Å². The SMILES string of the molecule is Cc1c(C(=O)OCC(=O)N2CCCC[C@@H]2C(N)=O)sc2nc3n(c(=O)c12)CCC3. The van der Waals surface area contributed by atoms with Crippen molar-refractivity contribution in [2.75, 3.05) is 13.2 Å². The van der Waals surface area contributed by atoms with Crippen molar-refractivity contribution in [3.8, 4) is 0 Å². The van der Waals surface area contributed by atoms with Gasteiger partial charge in [-0.1, -0.05) is 0 Å². The summed E-state index contributed by atoms with van der Waals surface area (Å²) in [5.41, 5.74) is 5.77. The van der Waals surface area contributed by atoms with E-state index in [1.165, 1.54) is 4.90 Å². The van der Waals surface area contributed by atoms with Crippen molar-refractivity contribution in [3.05, 3.63) is 26.6 Å². The minimum Gasteiger partial charge on any atom is -0.451 e. The lowest BCUT2D eigenvalue weighted by Crippen LogP contribution is -2.51. The van der Waals surface area contributed by atoms with Gasteiger partial charge in [0.15, 0.2) is 6.61 Å². The molecule has 4 heterocycles. The van der Waals surface area contributed by atoms with Crippen LogP contribution < -0.4 is 11.3 Å². The van der Waals surface area contributed by atoms with Crippen LogP contribution in [-0.2, 0) is 27.3 Å². The number of hydrogen-bond donors (Lipinski definition) is 1. The predicted molar refractivity (Wildman–Crippen MR) is 106 cm³/mol. The first kappa shape index (κ1) is 19.6. The highest BCUT2D eigenvalue weighted by Gasteiger charge is 2.31. The second-order valence-corrected chi connectivity index (χ2v) is 8.40. The van der Waals surface area contributed by atoms with E-state index in [0.717, 1.165) is 42.8 Å². The first-order valence-electron chi connectivity index (χ1n) is 9.67. The molecule has 0 aliphatic carbocycles. The normalized spacial score (nSPS) is 18.7. The number of carbonyl (C=O) groups is 3. The van der Waals surface area contributed by atoms with E-state index in [1.807, 2.05) is 0 Å². The Kier molecular flexibility index (Phi) is 5.12. The molecule has 0 bridgehead atoms. The van der Waals surface area contributed by atoms with Gasteiger partial charge in [-0.3, -0.25) is 19.0 Å². The molecular weight excluding hydrogens is 396 g/mol. The molecule has 0 saturated carbocycles. The zero-order valence-corrected chi connectivity index (χ0v) is 16.9. The number of ether oxygens (including phenoxy) is 1. The lowest BCUT2D eigenvalue weighted by atomic mass is 10.0. The standard InChI is InChI=1S/C19H22N4O5S/c1-10-14-17(21-12-6-4-8-23(12)18(14)26)29-15(10)19(27)28-9-13(24)22-7-3-2-5-11(22)16(20)25/h11H,2-9H2,1H3,(H2,20,25)/t11-/m1/s1. The highest BCUT2D eigenvalue weighted by atomic mass is 32.1. The Labute approximate surface area is 170 Å². The third-order valence-corrected chi connectivity index (χ3v) is 6.74. The van der Waals surface area contributed by atoms with Gasteiger partial charge >= 0.3 is 5.97 Å². The van der Waals surface area contributed by atoms with Crippen molar-refractivity contribution < 1.29 is 19.1 Å². The van der Waals surface area contributed by atoms with Gasteiger partial charge in [-0.05, 0) is 38.2 Å². The molecule has 1 fully saturated rings. The Morgan fingerprint density at radius 3 is 2.79 bits per heavy atom. The molecule has 0 unspecified atom stereocenters. The number of nitrogens with two attached hydrogens (primary N) is 1. The number of primary amides is 1. The lowest BCUT2D eigenvalue weighted by molar-refractivity contribution is -0.143. The minimum absolute atomic E-state index is 0.135. The third kappa shape index (κ3) is 3.41. The van der Waals surface area contributed by atoms with Crippen molar-refractivity contribution in [1.82, 2.24) is 14.5 Å². The van der Waals surface area contributed by atoms with Crippen LogP contribution in [0.15, 0.2) is 4.79 Å².